The molecule has 1 heteroatoms. The van der Waals surface area contributed by atoms with Crippen LogP contribution in [0.1, 0.15) is 73.1 Å². The summed E-state index contributed by atoms with van der Waals surface area (Å²) < 4.78 is 0. The number of hydrogen-bond donors (Lipinski definition) is 1. The van der Waals surface area contributed by atoms with Crippen LogP contribution in [0.25, 0.3) is 0 Å². The van der Waals surface area contributed by atoms with E-state index in [0.29, 0.717) is 23.2 Å². The van der Waals surface area contributed by atoms with Gasteiger partial charge in [0.2, 0.25) is 0 Å². The Balaban J connectivity index is 1.66. The van der Waals surface area contributed by atoms with Crippen molar-refractivity contribution in [2.45, 2.75) is 79.2 Å². The molecular weight excluding hydrogens is 328 g/mol. The molecule has 0 aromatic rings. The summed E-state index contributed by atoms with van der Waals surface area (Å²) in [5, 5.41) is 10.1. The van der Waals surface area contributed by atoms with Gasteiger partial charge in [-0.05, 0) is 78.8 Å². The summed E-state index contributed by atoms with van der Waals surface area (Å²) >= 11 is 0. The smallest absolute Gasteiger partial charge is 0.0578 e. The molecule has 4 rings (SSSR count). The lowest BCUT2D eigenvalue weighted by Gasteiger charge is -2.50. The second-order valence-electron chi connectivity index (χ2n) is 10.6. The molecule has 2 fully saturated rings. The fourth-order valence-corrected chi connectivity index (χ4v) is 6.79. The second-order valence-corrected chi connectivity index (χ2v) is 10.6. The lowest BCUT2D eigenvalue weighted by molar-refractivity contribution is 0.114. The third kappa shape index (κ3) is 3.01. The van der Waals surface area contributed by atoms with Crippen molar-refractivity contribution in [3.8, 4) is 0 Å². The first-order chi connectivity index (χ1) is 12.8. The van der Waals surface area contributed by atoms with E-state index in [-0.39, 0.29) is 11.5 Å². The maximum atomic E-state index is 10.1. The van der Waals surface area contributed by atoms with Gasteiger partial charge in [0.05, 0.1) is 6.10 Å². The van der Waals surface area contributed by atoms with E-state index in [2.05, 4.69) is 65.0 Å². The van der Waals surface area contributed by atoms with E-state index in [0.717, 1.165) is 25.2 Å². The quantitative estimate of drug-likeness (QED) is 0.557. The molecule has 0 aromatic carbocycles. The second kappa shape index (κ2) is 6.76. The Morgan fingerprint density at radius 2 is 1.85 bits per heavy atom. The van der Waals surface area contributed by atoms with Gasteiger partial charge in [0.25, 0.3) is 0 Å². The Labute approximate surface area is 166 Å². The van der Waals surface area contributed by atoms with Gasteiger partial charge in [0, 0.05) is 5.41 Å². The van der Waals surface area contributed by atoms with Gasteiger partial charge in [-0.2, -0.15) is 0 Å². The van der Waals surface area contributed by atoms with Gasteiger partial charge in [-0.25, -0.2) is 0 Å². The maximum absolute atomic E-state index is 10.1. The SMILES string of the molecule is CC(C)C=CC(C)C1CCC2C3=CC=C4CC(O)CCC4(C)C3=CCC21C. The summed E-state index contributed by atoms with van der Waals surface area (Å²) in [7, 11) is 0. The first-order valence-corrected chi connectivity index (χ1v) is 11.2. The fraction of sp³-hybridized carbons (Fsp3) is 0.692. The van der Waals surface area contributed by atoms with Crippen LogP contribution in [0.4, 0.5) is 0 Å². The first-order valence-electron chi connectivity index (χ1n) is 11.2. The lowest BCUT2D eigenvalue weighted by atomic mass is 9.54. The van der Waals surface area contributed by atoms with Gasteiger partial charge < -0.3 is 5.11 Å². The molecule has 0 heterocycles. The van der Waals surface area contributed by atoms with Crippen molar-refractivity contribution in [3.05, 3.63) is 47.1 Å². The highest BCUT2D eigenvalue weighted by molar-refractivity contribution is 5.53. The van der Waals surface area contributed by atoms with Crippen LogP contribution in [0, 0.1) is 34.5 Å². The number of allylic oxidation sites excluding steroid dienone is 7. The largest absolute Gasteiger partial charge is 0.393 e. The predicted molar refractivity (Wildman–Crippen MR) is 114 cm³/mol. The summed E-state index contributed by atoms with van der Waals surface area (Å²) in [4.78, 5) is 0. The average Bonchev–Trinajstić information content (AvgIpc) is 2.97. The summed E-state index contributed by atoms with van der Waals surface area (Å²) in [5.74, 6) is 2.79. The van der Waals surface area contributed by atoms with Crippen molar-refractivity contribution >= 4 is 0 Å². The van der Waals surface area contributed by atoms with Gasteiger partial charge in [0.1, 0.15) is 0 Å². The van der Waals surface area contributed by atoms with Crippen molar-refractivity contribution in [1.82, 2.24) is 0 Å². The van der Waals surface area contributed by atoms with E-state index in [9.17, 15) is 5.11 Å². The fourth-order valence-electron chi connectivity index (χ4n) is 6.79. The van der Waals surface area contributed by atoms with Crippen LogP contribution in [0.3, 0.4) is 0 Å². The number of aliphatic hydroxyl groups is 1. The van der Waals surface area contributed by atoms with Crippen molar-refractivity contribution < 1.29 is 5.11 Å². The molecule has 6 unspecified atom stereocenters. The van der Waals surface area contributed by atoms with E-state index in [1.807, 2.05) is 0 Å². The molecule has 4 aliphatic carbocycles. The molecule has 6 atom stereocenters. The van der Waals surface area contributed by atoms with Crippen LogP contribution < -0.4 is 0 Å². The van der Waals surface area contributed by atoms with Crippen molar-refractivity contribution in [2.75, 3.05) is 0 Å². The number of aliphatic hydroxyl groups excluding tert-OH is 1. The summed E-state index contributed by atoms with van der Waals surface area (Å²) in [6.45, 7) is 12.0. The first kappa shape index (κ1) is 19.2. The zero-order chi connectivity index (χ0) is 19.4. The molecule has 4 aliphatic rings. The Bertz CT molecular complexity index is 720. The van der Waals surface area contributed by atoms with Crippen LogP contribution >= 0.6 is 0 Å². The Morgan fingerprint density at radius 1 is 1.07 bits per heavy atom. The zero-order valence-electron chi connectivity index (χ0n) is 18.0. The van der Waals surface area contributed by atoms with Crippen LogP contribution in [-0.2, 0) is 0 Å². The average molecular weight is 367 g/mol. The van der Waals surface area contributed by atoms with Crippen LogP contribution in [-0.4, -0.2) is 11.2 Å². The monoisotopic (exact) mass is 366 g/mol. The highest BCUT2D eigenvalue weighted by atomic mass is 16.3. The van der Waals surface area contributed by atoms with Crippen molar-refractivity contribution in [1.29, 1.82) is 0 Å². The summed E-state index contributed by atoms with van der Waals surface area (Å²) in [6, 6.07) is 0. The zero-order valence-corrected chi connectivity index (χ0v) is 18.0. The van der Waals surface area contributed by atoms with Gasteiger partial charge in [0.15, 0.2) is 0 Å². The third-order valence-corrected chi connectivity index (χ3v) is 8.48. The van der Waals surface area contributed by atoms with Crippen molar-refractivity contribution in [3.63, 3.8) is 0 Å². The van der Waals surface area contributed by atoms with Crippen LogP contribution in [0.2, 0.25) is 0 Å². The molecule has 0 aromatic heterocycles. The molecule has 148 valence electrons. The standard InChI is InChI=1S/C26H38O/c1-17(2)6-7-18(3)22-10-11-23-21-9-8-19-16-20(27)12-14-25(19,4)24(21)13-15-26(22,23)5/h6-9,13,17-18,20,22-23,27H,10-12,14-16H2,1-5H3. The topological polar surface area (TPSA) is 20.2 Å². The summed E-state index contributed by atoms with van der Waals surface area (Å²) in [5.41, 5.74) is 5.27. The third-order valence-electron chi connectivity index (χ3n) is 8.48. The van der Waals surface area contributed by atoms with E-state index in [4.69, 9.17) is 0 Å². The van der Waals surface area contributed by atoms with Gasteiger partial charge in [-0.15, -0.1) is 0 Å². The van der Waals surface area contributed by atoms with Crippen molar-refractivity contribution in [2.24, 2.45) is 34.5 Å². The molecule has 0 bridgehead atoms. The molecule has 0 saturated heterocycles. The minimum Gasteiger partial charge on any atom is -0.393 e. The Hall–Kier alpha value is -1.08. The highest BCUT2D eigenvalue weighted by Gasteiger charge is 2.53. The molecule has 0 amide bonds. The Morgan fingerprint density at radius 3 is 2.59 bits per heavy atom. The van der Waals surface area contributed by atoms with E-state index in [1.165, 1.54) is 24.8 Å². The van der Waals surface area contributed by atoms with E-state index < -0.39 is 0 Å². The van der Waals surface area contributed by atoms with Gasteiger partial charge in [-0.1, -0.05) is 70.6 Å². The van der Waals surface area contributed by atoms with Crippen LogP contribution in [0.15, 0.2) is 47.1 Å². The molecular formula is C26H38O. The van der Waals surface area contributed by atoms with E-state index >= 15 is 0 Å². The van der Waals surface area contributed by atoms with E-state index in [1.54, 1.807) is 11.1 Å². The molecule has 27 heavy (non-hydrogen) atoms. The minimum atomic E-state index is -0.141. The molecule has 0 aliphatic heterocycles. The highest BCUT2D eigenvalue weighted by Crippen LogP contribution is 2.63. The predicted octanol–water partition coefficient (Wildman–Crippen LogP) is 6.61. The number of fused-ring (bicyclic) bond motifs is 5. The number of hydrogen-bond acceptors (Lipinski definition) is 1. The molecule has 1 N–H and O–H groups in total. The number of rotatable bonds is 3. The van der Waals surface area contributed by atoms with Gasteiger partial charge in [-0.3, -0.25) is 0 Å². The molecule has 2 saturated carbocycles. The molecule has 0 radical (unpaired) electrons. The minimum absolute atomic E-state index is 0.141. The maximum Gasteiger partial charge on any atom is 0.0578 e. The lowest BCUT2D eigenvalue weighted by Crippen LogP contribution is -2.41. The molecule has 1 nitrogen and oxygen atoms in total. The normalized spacial score (nSPS) is 42.2. The van der Waals surface area contributed by atoms with Crippen LogP contribution in [0.5, 0.6) is 0 Å². The summed E-state index contributed by atoms with van der Waals surface area (Å²) in [6.07, 6.45) is 19.0. The Kier molecular flexibility index (Phi) is 4.82. The van der Waals surface area contributed by atoms with Gasteiger partial charge >= 0.3 is 0 Å². The molecule has 0 spiro atoms.